The molecule has 4 nitrogen and oxygen atoms in total. The van der Waals surface area contributed by atoms with Crippen LogP contribution in [-0.2, 0) is 0 Å². The maximum absolute atomic E-state index is 12.2. The zero-order valence-corrected chi connectivity index (χ0v) is 11.3. The van der Waals surface area contributed by atoms with Crippen LogP contribution in [0.15, 0.2) is 57.7 Å². The third-order valence-electron chi connectivity index (χ3n) is 3.26. The molecule has 0 saturated heterocycles. The zero-order valence-electron chi connectivity index (χ0n) is 11.3. The molecule has 3 aromatic rings. The Morgan fingerprint density at radius 2 is 1.95 bits per heavy atom. The van der Waals surface area contributed by atoms with Gasteiger partial charge in [-0.25, -0.2) is 4.79 Å². The number of benzene rings is 2. The number of nitriles is 1. The lowest BCUT2D eigenvalue weighted by Gasteiger charge is -2.05. The second-order valence-corrected chi connectivity index (χ2v) is 4.52. The molecule has 3 rings (SSSR count). The number of para-hydroxylation sites is 1. The van der Waals surface area contributed by atoms with Gasteiger partial charge >= 0.3 is 5.63 Å². The van der Waals surface area contributed by atoms with E-state index in [-0.39, 0.29) is 0 Å². The van der Waals surface area contributed by atoms with Gasteiger partial charge in [0.1, 0.15) is 11.8 Å². The molecule has 4 heteroatoms. The number of hydrogen-bond donors (Lipinski definition) is 0. The van der Waals surface area contributed by atoms with E-state index in [2.05, 4.69) is 0 Å². The van der Waals surface area contributed by atoms with E-state index in [4.69, 9.17) is 14.4 Å². The molecule has 2 aromatic carbocycles. The van der Waals surface area contributed by atoms with Gasteiger partial charge in [-0.3, -0.25) is 0 Å². The lowest BCUT2D eigenvalue weighted by atomic mass is 10.0. The van der Waals surface area contributed by atoms with Crippen molar-refractivity contribution >= 4 is 11.0 Å². The molecule has 0 radical (unpaired) electrons. The van der Waals surface area contributed by atoms with Gasteiger partial charge in [-0.15, -0.1) is 0 Å². The molecule has 0 spiro atoms. The molecule has 0 saturated carbocycles. The third-order valence-corrected chi connectivity index (χ3v) is 3.26. The van der Waals surface area contributed by atoms with Gasteiger partial charge in [0.05, 0.1) is 18.2 Å². The zero-order chi connectivity index (χ0) is 14.8. The standard InChI is InChI=1S/C17H11NO3/c1-20-14-7-3-4-11(8-14)15-9-12-5-2-6-13(10-18)16(12)21-17(15)19/h2-9H,1H3. The molecule has 0 amide bonds. The summed E-state index contributed by atoms with van der Waals surface area (Å²) in [4.78, 5) is 12.2. The highest BCUT2D eigenvalue weighted by atomic mass is 16.5. The Labute approximate surface area is 120 Å². The smallest absolute Gasteiger partial charge is 0.344 e. The molecule has 1 aromatic heterocycles. The molecule has 21 heavy (non-hydrogen) atoms. The fourth-order valence-electron chi connectivity index (χ4n) is 2.22. The van der Waals surface area contributed by atoms with Gasteiger partial charge in [-0.1, -0.05) is 24.3 Å². The van der Waals surface area contributed by atoms with Crippen molar-refractivity contribution in [2.45, 2.75) is 0 Å². The van der Waals surface area contributed by atoms with Crippen LogP contribution in [0, 0.1) is 11.3 Å². The van der Waals surface area contributed by atoms with Gasteiger partial charge < -0.3 is 9.15 Å². The summed E-state index contributed by atoms with van der Waals surface area (Å²) in [5, 5.41) is 9.77. The highest BCUT2D eigenvalue weighted by Gasteiger charge is 2.10. The first-order valence-corrected chi connectivity index (χ1v) is 6.34. The SMILES string of the molecule is COc1cccc(-c2cc3cccc(C#N)c3oc2=O)c1. The monoisotopic (exact) mass is 277 g/mol. The van der Waals surface area contributed by atoms with Gasteiger partial charge in [0, 0.05) is 5.39 Å². The van der Waals surface area contributed by atoms with Crippen LogP contribution < -0.4 is 10.4 Å². The molecule has 0 atom stereocenters. The van der Waals surface area contributed by atoms with Crippen LogP contribution in [0.4, 0.5) is 0 Å². The molecule has 0 aliphatic rings. The van der Waals surface area contributed by atoms with E-state index in [1.807, 2.05) is 24.3 Å². The average molecular weight is 277 g/mol. The highest BCUT2D eigenvalue weighted by molar-refractivity contribution is 5.85. The van der Waals surface area contributed by atoms with Crippen LogP contribution in [0.3, 0.4) is 0 Å². The Bertz CT molecular complexity index is 919. The second kappa shape index (κ2) is 5.14. The van der Waals surface area contributed by atoms with E-state index in [0.29, 0.717) is 33.4 Å². The number of hydrogen-bond acceptors (Lipinski definition) is 4. The minimum Gasteiger partial charge on any atom is -0.497 e. The molecular formula is C17H11NO3. The van der Waals surface area contributed by atoms with Crippen LogP contribution in [0.2, 0.25) is 0 Å². The predicted molar refractivity (Wildman–Crippen MR) is 79.2 cm³/mol. The third kappa shape index (κ3) is 2.26. The lowest BCUT2D eigenvalue weighted by Crippen LogP contribution is -2.03. The molecule has 1 heterocycles. The molecular weight excluding hydrogens is 266 g/mol. The van der Waals surface area contributed by atoms with Crippen LogP contribution in [0.5, 0.6) is 5.75 Å². The summed E-state index contributed by atoms with van der Waals surface area (Å²) in [6.45, 7) is 0. The molecule has 0 bridgehead atoms. The van der Waals surface area contributed by atoms with Gasteiger partial charge in [-0.05, 0) is 29.8 Å². The first kappa shape index (κ1) is 12.9. The average Bonchev–Trinajstić information content (AvgIpc) is 2.53. The largest absolute Gasteiger partial charge is 0.497 e. The van der Waals surface area contributed by atoms with Crippen molar-refractivity contribution in [3.63, 3.8) is 0 Å². The molecule has 0 aliphatic heterocycles. The maximum atomic E-state index is 12.2. The molecule has 0 unspecified atom stereocenters. The van der Waals surface area contributed by atoms with Crippen molar-refractivity contribution in [2.75, 3.05) is 7.11 Å². The van der Waals surface area contributed by atoms with Crippen LogP contribution >= 0.6 is 0 Å². The Kier molecular flexibility index (Phi) is 3.17. The summed E-state index contributed by atoms with van der Waals surface area (Å²) < 4.78 is 10.5. The van der Waals surface area contributed by atoms with Crippen LogP contribution in [0.1, 0.15) is 5.56 Å². The summed E-state index contributed by atoms with van der Waals surface area (Å²) in [6.07, 6.45) is 0. The Morgan fingerprint density at radius 1 is 1.14 bits per heavy atom. The minimum absolute atomic E-state index is 0.316. The van der Waals surface area contributed by atoms with E-state index in [1.54, 1.807) is 37.4 Å². The van der Waals surface area contributed by atoms with Crippen molar-refractivity contribution in [2.24, 2.45) is 0 Å². The van der Waals surface area contributed by atoms with Crippen molar-refractivity contribution in [3.05, 3.63) is 64.5 Å². The highest BCUT2D eigenvalue weighted by Crippen LogP contribution is 2.25. The second-order valence-electron chi connectivity index (χ2n) is 4.52. The van der Waals surface area contributed by atoms with Crippen LogP contribution in [0.25, 0.3) is 22.1 Å². The van der Waals surface area contributed by atoms with E-state index in [0.717, 1.165) is 0 Å². The summed E-state index contributed by atoms with van der Waals surface area (Å²) in [7, 11) is 1.57. The maximum Gasteiger partial charge on any atom is 0.344 e. The summed E-state index contributed by atoms with van der Waals surface area (Å²) >= 11 is 0. The Morgan fingerprint density at radius 3 is 2.71 bits per heavy atom. The van der Waals surface area contributed by atoms with Crippen molar-refractivity contribution in [1.82, 2.24) is 0 Å². The van der Waals surface area contributed by atoms with E-state index in [1.165, 1.54) is 0 Å². The predicted octanol–water partition coefficient (Wildman–Crippen LogP) is 3.34. The number of nitrogens with zero attached hydrogens (tertiary/aromatic N) is 1. The van der Waals surface area contributed by atoms with E-state index in [9.17, 15) is 4.79 Å². The van der Waals surface area contributed by atoms with Gasteiger partial charge in [0.15, 0.2) is 5.58 Å². The fourth-order valence-corrected chi connectivity index (χ4v) is 2.22. The topological polar surface area (TPSA) is 63.2 Å². The number of ether oxygens (including phenoxy) is 1. The summed E-state index contributed by atoms with van der Waals surface area (Å²) in [6, 6.07) is 16.1. The quantitative estimate of drug-likeness (QED) is 0.674. The van der Waals surface area contributed by atoms with Crippen molar-refractivity contribution in [3.8, 4) is 22.9 Å². The minimum atomic E-state index is -0.474. The number of fused-ring (bicyclic) bond motifs is 1. The molecule has 0 N–H and O–H groups in total. The normalized spacial score (nSPS) is 10.3. The Hall–Kier alpha value is -3.06. The van der Waals surface area contributed by atoms with Crippen molar-refractivity contribution in [1.29, 1.82) is 5.26 Å². The molecule has 0 aliphatic carbocycles. The van der Waals surface area contributed by atoms with E-state index >= 15 is 0 Å². The van der Waals surface area contributed by atoms with Gasteiger partial charge in [0.25, 0.3) is 0 Å². The molecule has 102 valence electrons. The first-order chi connectivity index (χ1) is 10.2. The van der Waals surface area contributed by atoms with Gasteiger partial charge in [0.2, 0.25) is 0 Å². The first-order valence-electron chi connectivity index (χ1n) is 6.34. The number of methoxy groups -OCH3 is 1. The van der Waals surface area contributed by atoms with Crippen molar-refractivity contribution < 1.29 is 9.15 Å². The summed E-state index contributed by atoms with van der Waals surface area (Å²) in [5.74, 6) is 0.665. The molecule has 0 fully saturated rings. The van der Waals surface area contributed by atoms with Gasteiger partial charge in [-0.2, -0.15) is 5.26 Å². The fraction of sp³-hybridized carbons (Fsp3) is 0.0588. The van der Waals surface area contributed by atoms with E-state index < -0.39 is 5.63 Å². The number of rotatable bonds is 2. The van der Waals surface area contributed by atoms with Crippen LogP contribution in [-0.4, -0.2) is 7.11 Å². The lowest BCUT2D eigenvalue weighted by molar-refractivity contribution is 0.415. The Balaban J connectivity index is 2.27. The summed E-state index contributed by atoms with van der Waals surface area (Å²) in [5.41, 5.74) is 1.35.